The Labute approximate surface area is 117 Å². The van der Waals surface area contributed by atoms with Crippen LogP contribution >= 0.6 is 15.9 Å². The van der Waals surface area contributed by atoms with E-state index in [4.69, 9.17) is 9.47 Å². The molecule has 100 valence electrons. The normalized spacial score (nSPS) is 20.3. The van der Waals surface area contributed by atoms with Gasteiger partial charge in [0.25, 0.3) is 0 Å². The average molecular weight is 314 g/mol. The van der Waals surface area contributed by atoms with Crippen molar-refractivity contribution in [3.05, 3.63) is 22.2 Å². The molecular formula is C14H20BrNO2. The number of halogens is 1. The molecule has 1 aromatic rings. The van der Waals surface area contributed by atoms with E-state index in [2.05, 4.69) is 27.3 Å². The molecule has 0 radical (unpaired) electrons. The van der Waals surface area contributed by atoms with Gasteiger partial charge in [0.15, 0.2) is 0 Å². The summed E-state index contributed by atoms with van der Waals surface area (Å²) in [5, 5.41) is 3.60. The number of ether oxygens (including phenoxy) is 2. The van der Waals surface area contributed by atoms with Crippen LogP contribution in [0.3, 0.4) is 0 Å². The number of methoxy groups -OCH3 is 2. The van der Waals surface area contributed by atoms with Crippen molar-refractivity contribution in [3.63, 3.8) is 0 Å². The molecular weight excluding hydrogens is 294 g/mol. The van der Waals surface area contributed by atoms with Crippen LogP contribution in [0.2, 0.25) is 0 Å². The average Bonchev–Trinajstić information content (AvgIpc) is 2.67. The Morgan fingerprint density at radius 2 is 2.00 bits per heavy atom. The highest BCUT2D eigenvalue weighted by Crippen LogP contribution is 2.41. The molecule has 4 heteroatoms. The van der Waals surface area contributed by atoms with Gasteiger partial charge >= 0.3 is 0 Å². The molecule has 1 unspecified atom stereocenters. The minimum Gasteiger partial charge on any atom is -0.495 e. The van der Waals surface area contributed by atoms with Gasteiger partial charge in [-0.25, -0.2) is 0 Å². The van der Waals surface area contributed by atoms with E-state index in [1.165, 1.54) is 24.8 Å². The number of nitrogens with one attached hydrogen (secondary N) is 1. The molecule has 18 heavy (non-hydrogen) atoms. The third-order valence-electron chi connectivity index (χ3n) is 3.45. The molecule has 0 bridgehead atoms. The lowest BCUT2D eigenvalue weighted by Gasteiger charge is -2.21. The van der Waals surface area contributed by atoms with Gasteiger partial charge in [0, 0.05) is 11.6 Å². The quantitative estimate of drug-likeness (QED) is 0.923. The lowest BCUT2D eigenvalue weighted by Crippen LogP contribution is -2.21. The Balaban J connectivity index is 2.34. The highest BCUT2D eigenvalue weighted by Gasteiger charge is 2.21. The summed E-state index contributed by atoms with van der Waals surface area (Å²) in [4.78, 5) is 0. The van der Waals surface area contributed by atoms with Gasteiger partial charge in [-0.05, 0) is 47.4 Å². The highest BCUT2D eigenvalue weighted by molar-refractivity contribution is 9.10. The third kappa shape index (κ3) is 2.81. The molecule has 1 heterocycles. The molecule has 2 rings (SSSR count). The summed E-state index contributed by atoms with van der Waals surface area (Å²) < 4.78 is 11.8. The van der Waals surface area contributed by atoms with Crippen LogP contribution in [0, 0.1) is 0 Å². The second-order valence-electron chi connectivity index (χ2n) is 4.56. The summed E-state index contributed by atoms with van der Waals surface area (Å²) in [6.07, 6.45) is 5.00. The van der Waals surface area contributed by atoms with Crippen LogP contribution in [0.15, 0.2) is 16.6 Å². The second kappa shape index (κ2) is 6.43. The number of rotatable bonds is 3. The first-order chi connectivity index (χ1) is 8.77. The summed E-state index contributed by atoms with van der Waals surface area (Å²) in [5.74, 6) is 1.69. The predicted molar refractivity (Wildman–Crippen MR) is 76.5 cm³/mol. The first kappa shape index (κ1) is 13.7. The zero-order valence-corrected chi connectivity index (χ0v) is 12.5. The van der Waals surface area contributed by atoms with Gasteiger partial charge in [0.1, 0.15) is 16.0 Å². The molecule has 1 saturated heterocycles. The van der Waals surface area contributed by atoms with E-state index >= 15 is 0 Å². The fraction of sp³-hybridized carbons (Fsp3) is 0.571. The largest absolute Gasteiger partial charge is 0.495 e. The van der Waals surface area contributed by atoms with Crippen molar-refractivity contribution in [3.8, 4) is 11.5 Å². The van der Waals surface area contributed by atoms with E-state index < -0.39 is 0 Å². The van der Waals surface area contributed by atoms with Crippen LogP contribution < -0.4 is 14.8 Å². The summed E-state index contributed by atoms with van der Waals surface area (Å²) in [7, 11) is 3.38. The number of hydrogen-bond acceptors (Lipinski definition) is 3. The minimum atomic E-state index is 0.379. The lowest BCUT2D eigenvalue weighted by molar-refractivity contribution is 0.378. The SMILES string of the molecule is COc1ccc(C2CCCCCN2)c(OC)c1Br. The summed E-state index contributed by atoms with van der Waals surface area (Å²) in [5.41, 5.74) is 1.21. The van der Waals surface area contributed by atoms with E-state index in [1.807, 2.05) is 6.07 Å². The monoisotopic (exact) mass is 313 g/mol. The van der Waals surface area contributed by atoms with Crippen LogP contribution in [0.25, 0.3) is 0 Å². The van der Waals surface area contributed by atoms with Gasteiger partial charge in [-0.15, -0.1) is 0 Å². The van der Waals surface area contributed by atoms with Crippen molar-refractivity contribution in [2.75, 3.05) is 20.8 Å². The molecule has 3 nitrogen and oxygen atoms in total. The molecule has 1 atom stereocenters. The summed E-state index contributed by atoms with van der Waals surface area (Å²) in [6.45, 7) is 1.08. The number of benzene rings is 1. The van der Waals surface area contributed by atoms with Crippen LogP contribution in [0.1, 0.15) is 37.3 Å². The smallest absolute Gasteiger partial charge is 0.141 e. The van der Waals surface area contributed by atoms with Gasteiger partial charge in [0.2, 0.25) is 0 Å². The van der Waals surface area contributed by atoms with Crippen LogP contribution in [-0.4, -0.2) is 20.8 Å². The first-order valence-electron chi connectivity index (χ1n) is 6.41. The molecule has 0 amide bonds. The minimum absolute atomic E-state index is 0.379. The molecule has 1 N–H and O–H groups in total. The predicted octanol–water partition coefficient (Wildman–Crippen LogP) is 3.67. The molecule has 0 saturated carbocycles. The van der Waals surface area contributed by atoms with Crippen molar-refractivity contribution in [1.29, 1.82) is 0 Å². The lowest BCUT2D eigenvalue weighted by atomic mass is 10.0. The Morgan fingerprint density at radius 1 is 1.17 bits per heavy atom. The van der Waals surface area contributed by atoms with Crippen molar-refractivity contribution >= 4 is 15.9 Å². The molecule has 1 aliphatic rings. The van der Waals surface area contributed by atoms with Crippen LogP contribution in [-0.2, 0) is 0 Å². The van der Waals surface area contributed by atoms with Crippen molar-refractivity contribution in [2.45, 2.75) is 31.7 Å². The van der Waals surface area contributed by atoms with Gasteiger partial charge in [0.05, 0.1) is 14.2 Å². The van der Waals surface area contributed by atoms with Crippen LogP contribution in [0.4, 0.5) is 0 Å². The maximum absolute atomic E-state index is 5.55. The fourth-order valence-corrected chi connectivity index (χ4v) is 3.17. The Morgan fingerprint density at radius 3 is 2.72 bits per heavy atom. The second-order valence-corrected chi connectivity index (χ2v) is 5.35. The van der Waals surface area contributed by atoms with Crippen LogP contribution in [0.5, 0.6) is 11.5 Å². The van der Waals surface area contributed by atoms with Gasteiger partial charge in [-0.3, -0.25) is 0 Å². The molecule has 1 fully saturated rings. The fourth-order valence-electron chi connectivity index (χ4n) is 2.49. The van der Waals surface area contributed by atoms with E-state index in [0.717, 1.165) is 28.9 Å². The van der Waals surface area contributed by atoms with Gasteiger partial charge in [-0.1, -0.05) is 12.8 Å². The maximum Gasteiger partial charge on any atom is 0.141 e. The zero-order chi connectivity index (χ0) is 13.0. The van der Waals surface area contributed by atoms with Gasteiger partial charge < -0.3 is 14.8 Å². The summed E-state index contributed by atoms with van der Waals surface area (Å²) in [6, 6.07) is 4.48. The zero-order valence-electron chi connectivity index (χ0n) is 11.0. The Hall–Kier alpha value is -0.740. The van der Waals surface area contributed by atoms with E-state index in [1.54, 1.807) is 14.2 Å². The topological polar surface area (TPSA) is 30.5 Å². The number of hydrogen-bond donors (Lipinski definition) is 1. The molecule has 0 aliphatic carbocycles. The summed E-state index contributed by atoms with van der Waals surface area (Å²) >= 11 is 3.56. The van der Waals surface area contributed by atoms with E-state index in [-0.39, 0.29) is 0 Å². The first-order valence-corrected chi connectivity index (χ1v) is 7.21. The van der Waals surface area contributed by atoms with Crippen molar-refractivity contribution < 1.29 is 9.47 Å². The molecule has 1 aliphatic heterocycles. The van der Waals surface area contributed by atoms with Gasteiger partial charge in [-0.2, -0.15) is 0 Å². The third-order valence-corrected chi connectivity index (χ3v) is 4.20. The van der Waals surface area contributed by atoms with Crippen molar-refractivity contribution in [2.24, 2.45) is 0 Å². The molecule has 1 aromatic carbocycles. The Bertz CT molecular complexity index is 401. The standard InChI is InChI=1S/C14H20BrNO2/c1-17-12-8-7-10(14(18-2)13(12)15)11-6-4-3-5-9-16-11/h7-8,11,16H,3-6,9H2,1-2H3. The highest BCUT2D eigenvalue weighted by atomic mass is 79.9. The van der Waals surface area contributed by atoms with Crippen molar-refractivity contribution in [1.82, 2.24) is 5.32 Å². The maximum atomic E-state index is 5.55. The Kier molecular flexibility index (Phi) is 4.89. The van der Waals surface area contributed by atoms with E-state index in [0.29, 0.717) is 6.04 Å². The molecule has 0 spiro atoms. The van der Waals surface area contributed by atoms with E-state index in [9.17, 15) is 0 Å². The molecule has 0 aromatic heterocycles.